The van der Waals surface area contributed by atoms with E-state index in [1.54, 1.807) is 7.11 Å². The minimum Gasteiger partial charge on any atom is -0.497 e. The van der Waals surface area contributed by atoms with E-state index in [9.17, 15) is 9.59 Å². The second kappa shape index (κ2) is 7.48. The van der Waals surface area contributed by atoms with Gasteiger partial charge in [0.2, 0.25) is 11.8 Å². The molecule has 1 saturated heterocycles. The van der Waals surface area contributed by atoms with Crippen LogP contribution < -0.4 is 9.64 Å². The monoisotopic (exact) mass is 407 g/mol. The van der Waals surface area contributed by atoms with Gasteiger partial charge in [0.1, 0.15) is 11.0 Å². The Hall–Kier alpha value is -2.93. The molecule has 1 unspecified atom stereocenters. The largest absolute Gasteiger partial charge is 0.497 e. The summed E-state index contributed by atoms with van der Waals surface area (Å²) in [5.41, 5.74) is 4.37. The number of amides is 2. The van der Waals surface area contributed by atoms with Crippen LogP contribution in [-0.4, -0.2) is 34.1 Å². The van der Waals surface area contributed by atoms with Crippen LogP contribution in [0.1, 0.15) is 23.2 Å². The van der Waals surface area contributed by atoms with Crippen LogP contribution in [0.3, 0.4) is 0 Å². The first-order valence-electron chi connectivity index (χ1n) is 9.30. The normalized spacial score (nSPS) is 16.7. The van der Waals surface area contributed by atoms with Gasteiger partial charge in [-0.25, -0.2) is 14.9 Å². The summed E-state index contributed by atoms with van der Waals surface area (Å²) in [6, 6.07) is 11.2. The second-order valence-electron chi connectivity index (χ2n) is 7.12. The predicted octanol–water partition coefficient (Wildman–Crippen LogP) is 3.99. The maximum absolute atomic E-state index is 13.0. The number of ether oxygens (including phenoxy) is 1. The van der Waals surface area contributed by atoms with Crippen LogP contribution in [-0.2, 0) is 9.59 Å². The first kappa shape index (κ1) is 19.4. The summed E-state index contributed by atoms with van der Waals surface area (Å²) < 4.78 is 5.26. The highest BCUT2D eigenvalue weighted by Crippen LogP contribution is 2.34. The third-order valence-electron chi connectivity index (χ3n) is 5.17. The quantitative estimate of drug-likeness (QED) is 0.481. The maximum atomic E-state index is 13.0. The van der Waals surface area contributed by atoms with Crippen molar-refractivity contribution in [2.24, 2.45) is 0 Å². The number of methoxy groups -OCH3 is 1. The van der Waals surface area contributed by atoms with Gasteiger partial charge < -0.3 is 4.74 Å². The summed E-state index contributed by atoms with van der Waals surface area (Å²) in [6.45, 7) is 5.87. The van der Waals surface area contributed by atoms with E-state index in [-0.39, 0.29) is 18.2 Å². The fourth-order valence-electron chi connectivity index (χ4n) is 3.37. The highest BCUT2D eigenvalue weighted by Gasteiger charge is 2.40. The average molecular weight is 407 g/mol. The van der Waals surface area contributed by atoms with Gasteiger partial charge in [0.15, 0.2) is 5.16 Å². The third-order valence-corrected chi connectivity index (χ3v) is 6.22. The Morgan fingerprint density at radius 2 is 1.83 bits per heavy atom. The van der Waals surface area contributed by atoms with Crippen LogP contribution >= 0.6 is 11.8 Å². The topological polar surface area (TPSA) is 72.4 Å². The molecule has 7 heteroatoms. The molecule has 1 fully saturated rings. The fraction of sp³-hybridized carbons (Fsp3) is 0.273. The van der Waals surface area contributed by atoms with Gasteiger partial charge in [0.25, 0.3) is 0 Å². The Labute approximate surface area is 173 Å². The average Bonchev–Trinajstić information content (AvgIpc) is 2.97. The Bertz CT molecular complexity index is 1150. The smallest absolute Gasteiger partial charge is 0.247 e. The van der Waals surface area contributed by atoms with Crippen molar-refractivity contribution in [1.29, 1.82) is 0 Å². The zero-order chi connectivity index (χ0) is 20.7. The van der Waals surface area contributed by atoms with Crippen molar-refractivity contribution in [3.63, 3.8) is 0 Å². The van der Waals surface area contributed by atoms with Crippen LogP contribution in [0.5, 0.6) is 5.75 Å². The number of aromatic nitrogens is 2. The first-order chi connectivity index (χ1) is 13.9. The second-order valence-corrected chi connectivity index (χ2v) is 8.29. The number of nitrogens with zero attached hydrogens (tertiary/aromatic N) is 3. The lowest BCUT2D eigenvalue weighted by Gasteiger charge is -2.16. The number of benzene rings is 2. The number of thioether (sulfide) groups is 1. The lowest BCUT2D eigenvalue weighted by Crippen LogP contribution is -2.31. The zero-order valence-electron chi connectivity index (χ0n) is 16.7. The van der Waals surface area contributed by atoms with E-state index in [1.165, 1.54) is 16.7 Å². The lowest BCUT2D eigenvalue weighted by atomic mass is 10.1. The molecular formula is C22H21N3O3S. The zero-order valence-corrected chi connectivity index (χ0v) is 17.5. The van der Waals surface area contributed by atoms with E-state index in [4.69, 9.17) is 4.74 Å². The van der Waals surface area contributed by atoms with Crippen molar-refractivity contribution in [3.05, 3.63) is 53.2 Å². The number of carbonyl (C=O) groups excluding carboxylic acids is 2. The van der Waals surface area contributed by atoms with E-state index in [2.05, 4.69) is 9.97 Å². The number of hydrogen-bond donors (Lipinski definition) is 0. The third kappa shape index (κ3) is 3.58. The molecule has 1 aliphatic rings. The Kier molecular flexibility index (Phi) is 5.00. The van der Waals surface area contributed by atoms with Crippen LogP contribution in [0.15, 0.2) is 41.6 Å². The molecule has 4 rings (SSSR count). The van der Waals surface area contributed by atoms with E-state index < -0.39 is 5.25 Å². The van der Waals surface area contributed by atoms with Crippen molar-refractivity contribution in [2.45, 2.75) is 37.6 Å². The summed E-state index contributed by atoms with van der Waals surface area (Å²) in [4.78, 5) is 35.9. The van der Waals surface area contributed by atoms with Crippen molar-refractivity contribution >= 4 is 40.2 Å². The van der Waals surface area contributed by atoms with Crippen LogP contribution in [0, 0.1) is 20.8 Å². The van der Waals surface area contributed by atoms with Gasteiger partial charge in [-0.15, -0.1) is 0 Å². The SMILES string of the molecule is COc1ccc2nc(SC3CC(=O)N(c4ccc(C)c(C)c4)C3=O)nc(C)c2c1. The van der Waals surface area contributed by atoms with Crippen LogP contribution in [0.2, 0.25) is 0 Å². The molecule has 0 N–H and O–H groups in total. The molecule has 0 spiro atoms. The number of hydrogen-bond acceptors (Lipinski definition) is 6. The minimum absolute atomic E-state index is 0.138. The fourth-order valence-corrected chi connectivity index (χ4v) is 4.40. The number of fused-ring (bicyclic) bond motifs is 1. The highest BCUT2D eigenvalue weighted by molar-refractivity contribution is 8.00. The lowest BCUT2D eigenvalue weighted by molar-refractivity contribution is -0.121. The van der Waals surface area contributed by atoms with Gasteiger partial charge in [0, 0.05) is 17.5 Å². The van der Waals surface area contributed by atoms with E-state index in [0.29, 0.717) is 10.8 Å². The molecule has 6 nitrogen and oxygen atoms in total. The van der Waals surface area contributed by atoms with Gasteiger partial charge in [-0.05, 0) is 62.2 Å². The number of anilines is 1. The van der Waals surface area contributed by atoms with Gasteiger partial charge >= 0.3 is 0 Å². The van der Waals surface area contributed by atoms with Crippen molar-refractivity contribution in [1.82, 2.24) is 9.97 Å². The van der Waals surface area contributed by atoms with Gasteiger partial charge in [-0.1, -0.05) is 17.8 Å². The standard InChI is InChI=1S/C22H21N3O3S/c1-12-5-6-15(9-13(12)2)25-20(26)11-19(21(25)27)29-22-23-14(3)17-10-16(28-4)7-8-18(17)24-22/h5-10,19H,11H2,1-4H3. The molecule has 1 aromatic heterocycles. The molecule has 1 aliphatic heterocycles. The molecule has 0 bridgehead atoms. The minimum atomic E-state index is -0.529. The maximum Gasteiger partial charge on any atom is 0.247 e. The molecular weight excluding hydrogens is 386 g/mol. The van der Waals surface area contributed by atoms with Crippen molar-refractivity contribution in [2.75, 3.05) is 12.0 Å². The van der Waals surface area contributed by atoms with Crippen molar-refractivity contribution in [3.8, 4) is 5.75 Å². The molecule has 2 aromatic carbocycles. The molecule has 0 radical (unpaired) electrons. The molecule has 0 saturated carbocycles. The summed E-state index contributed by atoms with van der Waals surface area (Å²) in [5, 5.41) is 0.867. The van der Waals surface area contributed by atoms with E-state index >= 15 is 0 Å². The molecule has 2 amide bonds. The predicted molar refractivity (Wildman–Crippen MR) is 113 cm³/mol. The number of aryl methyl sites for hydroxylation is 3. The number of rotatable bonds is 4. The Balaban J connectivity index is 1.60. The van der Waals surface area contributed by atoms with Crippen molar-refractivity contribution < 1.29 is 14.3 Å². The molecule has 1 atom stereocenters. The van der Waals surface area contributed by atoms with E-state index in [1.807, 2.05) is 57.2 Å². The van der Waals surface area contributed by atoms with Gasteiger partial charge in [0.05, 0.1) is 18.3 Å². The van der Waals surface area contributed by atoms with E-state index in [0.717, 1.165) is 33.5 Å². The molecule has 0 aliphatic carbocycles. The number of imide groups is 1. The summed E-state index contributed by atoms with van der Waals surface area (Å²) in [7, 11) is 1.62. The molecule has 148 valence electrons. The summed E-state index contributed by atoms with van der Waals surface area (Å²) in [5.74, 6) is 0.322. The van der Waals surface area contributed by atoms with Gasteiger partial charge in [-0.2, -0.15) is 0 Å². The number of carbonyl (C=O) groups is 2. The van der Waals surface area contributed by atoms with Crippen LogP contribution in [0.4, 0.5) is 5.69 Å². The molecule has 29 heavy (non-hydrogen) atoms. The molecule has 2 heterocycles. The first-order valence-corrected chi connectivity index (χ1v) is 10.2. The Morgan fingerprint density at radius 1 is 1.03 bits per heavy atom. The Morgan fingerprint density at radius 3 is 2.55 bits per heavy atom. The summed E-state index contributed by atoms with van der Waals surface area (Å²) >= 11 is 1.24. The highest BCUT2D eigenvalue weighted by atomic mass is 32.2. The summed E-state index contributed by atoms with van der Waals surface area (Å²) in [6.07, 6.45) is 0.138. The van der Waals surface area contributed by atoms with Crippen LogP contribution in [0.25, 0.3) is 10.9 Å². The van der Waals surface area contributed by atoms with Gasteiger partial charge in [-0.3, -0.25) is 9.59 Å². The molecule has 3 aromatic rings.